The van der Waals surface area contributed by atoms with Gasteiger partial charge in [0.15, 0.2) is 17.6 Å². The fraction of sp³-hybridized carbons (Fsp3) is 0.227. The smallest absolute Gasteiger partial charge is 0.331 e. The summed E-state index contributed by atoms with van der Waals surface area (Å²) in [5.74, 6) is 0.0416. The number of ether oxygens (including phenoxy) is 3. The largest absolute Gasteiger partial charge is 0.493 e. The van der Waals surface area contributed by atoms with E-state index in [2.05, 4.69) is 5.32 Å². The molecule has 0 saturated carbocycles. The maximum atomic E-state index is 12.2. The molecule has 0 aliphatic rings. The molecule has 2 aromatic carbocycles. The van der Waals surface area contributed by atoms with Gasteiger partial charge in [-0.25, -0.2) is 4.79 Å². The summed E-state index contributed by atoms with van der Waals surface area (Å²) in [7, 11) is 1.54. The first-order chi connectivity index (χ1) is 14.0. The van der Waals surface area contributed by atoms with Crippen LogP contribution in [-0.2, 0) is 14.3 Å². The van der Waals surface area contributed by atoms with Gasteiger partial charge in [-0.3, -0.25) is 4.79 Å². The first-order valence-corrected chi connectivity index (χ1v) is 8.97. The fourth-order valence-electron chi connectivity index (χ4n) is 2.37. The quantitative estimate of drug-likeness (QED) is 0.543. The number of carbonyl (C=O) groups excluding carboxylic acids is 2. The topological polar surface area (TPSA) is 97.6 Å². The molecule has 0 aliphatic carbocycles. The van der Waals surface area contributed by atoms with Gasteiger partial charge in [-0.15, -0.1) is 0 Å². The lowest BCUT2D eigenvalue weighted by atomic mass is 10.2. The number of benzene rings is 2. The minimum absolute atomic E-state index is 0.473. The molecule has 0 saturated heterocycles. The van der Waals surface area contributed by atoms with E-state index in [1.807, 2.05) is 13.0 Å². The van der Waals surface area contributed by atoms with E-state index >= 15 is 0 Å². The number of hydrogen-bond acceptors (Lipinski definition) is 6. The Kier molecular flexibility index (Phi) is 7.80. The van der Waals surface area contributed by atoms with Gasteiger partial charge in [0, 0.05) is 11.8 Å². The monoisotopic (exact) mass is 394 g/mol. The highest BCUT2D eigenvalue weighted by Gasteiger charge is 2.16. The summed E-state index contributed by atoms with van der Waals surface area (Å²) < 4.78 is 15.8. The normalized spacial score (nSPS) is 11.4. The van der Waals surface area contributed by atoms with Gasteiger partial charge in [-0.1, -0.05) is 6.07 Å². The Morgan fingerprint density at radius 1 is 1.17 bits per heavy atom. The van der Waals surface area contributed by atoms with Crippen LogP contribution in [0.5, 0.6) is 11.5 Å². The third kappa shape index (κ3) is 6.40. The standard InChI is InChI=1S/C22H22N2O5/c1-4-28-19-11-7-16(13-20(19)27-3)8-12-21(25)29-15(2)22(26)24-18-9-5-17(14-23)6-10-18/h5-13,15H,4H2,1-3H3,(H,24,26)/b12-8+/t15-/m0/s1. The Morgan fingerprint density at radius 2 is 1.90 bits per heavy atom. The molecule has 29 heavy (non-hydrogen) atoms. The fourth-order valence-corrected chi connectivity index (χ4v) is 2.37. The van der Waals surface area contributed by atoms with Crippen molar-refractivity contribution in [2.24, 2.45) is 0 Å². The van der Waals surface area contributed by atoms with Crippen molar-refractivity contribution in [3.63, 3.8) is 0 Å². The molecular weight excluding hydrogens is 372 g/mol. The molecule has 7 heteroatoms. The second-order valence-electron chi connectivity index (χ2n) is 5.93. The predicted molar refractivity (Wildman–Crippen MR) is 109 cm³/mol. The van der Waals surface area contributed by atoms with Crippen molar-refractivity contribution < 1.29 is 23.8 Å². The number of carbonyl (C=O) groups is 2. The first kappa shape index (κ1) is 21.5. The molecule has 0 heterocycles. The molecule has 150 valence electrons. The molecule has 0 bridgehead atoms. The zero-order chi connectivity index (χ0) is 21.2. The highest BCUT2D eigenvalue weighted by Crippen LogP contribution is 2.28. The molecule has 2 rings (SSSR count). The Labute approximate surface area is 169 Å². The Morgan fingerprint density at radius 3 is 2.52 bits per heavy atom. The summed E-state index contributed by atoms with van der Waals surface area (Å²) in [5.41, 5.74) is 1.71. The van der Waals surface area contributed by atoms with E-state index in [1.54, 1.807) is 48.5 Å². The summed E-state index contributed by atoms with van der Waals surface area (Å²) in [6, 6.07) is 13.6. The number of methoxy groups -OCH3 is 1. The van der Waals surface area contributed by atoms with Crippen LogP contribution in [0.25, 0.3) is 6.08 Å². The molecule has 0 fully saturated rings. The van der Waals surface area contributed by atoms with Crippen molar-refractivity contribution in [2.75, 3.05) is 19.0 Å². The van der Waals surface area contributed by atoms with Crippen LogP contribution in [0.3, 0.4) is 0 Å². The minimum Gasteiger partial charge on any atom is -0.493 e. The van der Waals surface area contributed by atoms with Crippen molar-refractivity contribution in [3.05, 3.63) is 59.7 Å². The molecule has 0 spiro atoms. The van der Waals surface area contributed by atoms with Gasteiger partial charge < -0.3 is 19.5 Å². The third-order valence-corrected chi connectivity index (χ3v) is 3.84. The average Bonchev–Trinajstić information content (AvgIpc) is 2.73. The van der Waals surface area contributed by atoms with Crippen molar-refractivity contribution in [2.45, 2.75) is 20.0 Å². The number of nitrogens with one attached hydrogen (secondary N) is 1. The zero-order valence-electron chi connectivity index (χ0n) is 16.5. The number of hydrogen-bond donors (Lipinski definition) is 1. The molecular formula is C22H22N2O5. The minimum atomic E-state index is -0.988. The van der Waals surface area contributed by atoms with Gasteiger partial charge in [-0.2, -0.15) is 5.26 Å². The first-order valence-electron chi connectivity index (χ1n) is 8.97. The number of amides is 1. The van der Waals surface area contributed by atoms with Crippen LogP contribution >= 0.6 is 0 Å². The van der Waals surface area contributed by atoms with E-state index in [9.17, 15) is 9.59 Å². The van der Waals surface area contributed by atoms with Crippen LogP contribution in [0.2, 0.25) is 0 Å². The Bertz CT molecular complexity index is 929. The summed E-state index contributed by atoms with van der Waals surface area (Å²) in [6.07, 6.45) is 1.81. The van der Waals surface area contributed by atoms with Crippen LogP contribution in [0, 0.1) is 11.3 Å². The molecule has 0 aliphatic heterocycles. The van der Waals surface area contributed by atoms with Crippen molar-refractivity contribution in [1.29, 1.82) is 5.26 Å². The molecule has 7 nitrogen and oxygen atoms in total. The van der Waals surface area contributed by atoms with Gasteiger partial charge in [0.2, 0.25) is 0 Å². The Balaban J connectivity index is 1.93. The lowest BCUT2D eigenvalue weighted by Crippen LogP contribution is -2.29. The van der Waals surface area contributed by atoms with Crippen molar-refractivity contribution in [3.8, 4) is 17.6 Å². The Hall–Kier alpha value is -3.79. The molecule has 2 aromatic rings. The van der Waals surface area contributed by atoms with E-state index in [1.165, 1.54) is 20.1 Å². The third-order valence-electron chi connectivity index (χ3n) is 3.84. The second-order valence-corrected chi connectivity index (χ2v) is 5.93. The maximum Gasteiger partial charge on any atom is 0.331 e. The van der Waals surface area contributed by atoms with Crippen LogP contribution in [0.15, 0.2) is 48.5 Å². The average molecular weight is 394 g/mol. The lowest BCUT2D eigenvalue weighted by Gasteiger charge is -2.12. The molecule has 0 aromatic heterocycles. The van der Waals surface area contributed by atoms with Gasteiger partial charge >= 0.3 is 5.97 Å². The molecule has 1 N–H and O–H groups in total. The van der Waals surface area contributed by atoms with E-state index in [0.717, 1.165) is 5.56 Å². The van der Waals surface area contributed by atoms with Crippen LogP contribution in [0.1, 0.15) is 25.0 Å². The highest BCUT2D eigenvalue weighted by molar-refractivity contribution is 5.96. The summed E-state index contributed by atoms with van der Waals surface area (Å²) in [4.78, 5) is 24.2. The summed E-state index contributed by atoms with van der Waals surface area (Å²) in [6.45, 7) is 3.87. The van der Waals surface area contributed by atoms with Gasteiger partial charge in [-0.05, 0) is 61.9 Å². The highest BCUT2D eigenvalue weighted by atomic mass is 16.5. The maximum absolute atomic E-state index is 12.2. The predicted octanol–water partition coefficient (Wildman–Crippen LogP) is 3.55. The SMILES string of the molecule is CCOc1ccc(/C=C/C(=O)O[C@@H](C)C(=O)Nc2ccc(C#N)cc2)cc1OC. The van der Waals surface area contributed by atoms with E-state index < -0.39 is 18.0 Å². The van der Waals surface area contributed by atoms with Crippen molar-refractivity contribution in [1.82, 2.24) is 0 Å². The van der Waals surface area contributed by atoms with Crippen LogP contribution < -0.4 is 14.8 Å². The van der Waals surface area contributed by atoms with Crippen LogP contribution in [-0.4, -0.2) is 31.7 Å². The van der Waals surface area contributed by atoms with Crippen LogP contribution in [0.4, 0.5) is 5.69 Å². The van der Waals surface area contributed by atoms with Gasteiger partial charge in [0.1, 0.15) is 0 Å². The molecule has 0 radical (unpaired) electrons. The van der Waals surface area contributed by atoms with Gasteiger partial charge in [0.25, 0.3) is 5.91 Å². The molecule has 1 amide bonds. The van der Waals surface area contributed by atoms with Gasteiger partial charge in [0.05, 0.1) is 25.3 Å². The van der Waals surface area contributed by atoms with E-state index in [-0.39, 0.29) is 0 Å². The summed E-state index contributed by atoms with van der Waals surface area (Å²) >= 11 is 0. The number of rotatable bonds is 8. The molecule has 0 unspecified atom stereocenters. The van der Waals surface area contributed by atoms with E-state index in [4.69, 9.17) is 19.5 Å². The van der Waals surface area contributed by atoms with Crippen molar-refractivity contribution >= 4 is 23.6 Å². The number of nitriles is 1. The number of anilines is 1. The van der Waals surface area contributed by atoms with E-state index in [0.29, 0.717) is 29.4 Å². The second kappa shape index (κ2) is 10.5. The lowest BCUT2D eigenvalue weighted by molar-refractivity contribution is -0.148. The number of esters is 1. The number of nitrogens with zero attached hydrogens (tertiary/aromatic N) is 1. The summed E-state index contributed by atoms with van der Waals surface area (Å²) in [5, 5.41) is 11.4. The zero-order valence-corrected chi connectivity index (χ0v) is 16.5. The molecule has 1 atom stereocenters.